The normalized spacial score (nSPS) is 11.2. The molecule has 0 radical (unpaired) electrons. The van der Waals surface area contributed by atoms with Crippen molar-refractivity contribution < 1.29 is 27.7 Å². The third-order valence-corrected chi connectivity index (χ3v) is 6.85. The number of aromatic nitrogens is 1. The predicted molar refractivity (Wildman–Crippen MR) is 133 cm³/mol. The number of ketones is 1. The van der Waals surface area contributed by atoms with Gasteiger partial charge in [-0.3, -0.25) is 19.7 Å². The number of para-hydroxylation sites is 1. The lowest BCUT2D eigenvalue weighted by Crippen LogP contribution is -2.31. The highest BCUT2D eigenvalue weighted by Gasteiger charge is 2.24. The topological polar surface area (TPSA) is 141 Å². The summed E-state index contributed by atoms with van der Waals surface area (Å²) in [6.07, 6.45) is 0. The van der Waals surface area contributed by atoms with E-state index < -0.39 is 45.5 Å². The fourth-order valence-corrected chi connectivity index (χ4v) is 4.71. The average Bonchev–Trinajstić information content (AvgIpc) is 3.14. The molecule has 190 valence electrons. The third kappa shape index (κ3) is 5.78. The standard InChI is InChI=1S/C24H26N4O7S/c1-16-12-20(17(2)27(16)18-8-6-5-7-9-18)23(29)15-35-24(30)14-25-36(33,34)19-10-11-21(26(3)4)22(13-19)28(31)32/h5-13,25H,14-15H2,1-4H3. The largest absolute Gasteiger partial charge is 0.456 e. The summed E-state index contributed by atoms with van der Waals surface area (Å²) in [7, 11) is -1.07. The molecule has 0 aliphatic rings. The Balaban J connectivity index is 1.64. The lowest BCUT2D eigenvalue weighted by atomic mass is 10.1. The van der Waals surface area contributed by atoms with Crippen molar-refractivity contribution in [1.29, 1.82) is 0 Å². The van der Waals surface area contributed by atoms with Crippen LogP contribution in [0.25, 0.3) is 5.69 Å². The third-order valence-electron chi connectivity index (χ3n) is 5.45. The van der Waals surface area contributed by atoms with Gasteiger partial charge in [0.2, 0.25) is 15.8 Å². The van der Waals surface area contributed by atoms with Crippen molar-refractivity contribution in [3.05, 3.63) is 81.7 Å². The number of rotatable bonds is 10. The molecule has 36 heavy (non-hydrogen) atoms. The van der Waals surface area contributed by atoms with Crippen LogP contribution in [0, 0.1) is 24.0 Å². The van der Waals surface area contributed by atoms with Crippen LogP contribution in [0.4, 0.5) is 11.4 Å². The van der Waals surface area contributed by atoms with Crippen LogP contribution in [0.15, 0.2) is 59.5 Å². The van der Waals surface area contributed by atoms with E-state index in [0.717, 1.165) is 17.4 Å². The van der Waals surface area contributed by atoms with Gasteiger partial charge in [-0.15, -0.1) is 0 Å². The first kappa shape index (κ1) is 26.6. The molecule has 0 aliphatic heterocycles. The Morgan fingerprint density at radius 1 is 1.08 bits per heavy atom. The fraction of sp³-hybridized carbons (Fsp3) is 0.250. The number of nitro groups is 1. The minimum atomic E-state index is -4.25. The maximum atomic E-state index is 12.7. The summed E-state index contributed by atoms with van der Waals surface area (Å²) in [6.45, 7) is 2.32. The van der Waals surface area contributed by atoms with Gasteiger partial charge < -0.3 is 14.2 Å². The number of hydrogen-bond acceptors (Lipinski definition) is 8. The van der Waals surface area contributed by atoms with E-state index in [2.05, 4.69) is 0 Å². The van der Waals surface area contributed by atoms with E-state index in [4.69, 9.17) is 4.74 Å². The highest BCUT2D eigenvalue weighted by Crippen LogP contribution is 2.29. The molecule has 0 saturated carbocycles. The molecule has 0 saturated heterocycles. The van der Waals surface area contributed by atoms with E-state index in [0.29, 0.717) is 11.3 Å². The Morgan fingerprint density at radius 2 is 1.75 bits per heavy atom. The molecule has 11 nitrogen and oxygen atoms in total. The maximum absolute atomic E-state index is 12.7. The Labute approximate surface area is 208 Å². The quantitative estimate of drug-likeness (QED) is 0.188. The van der Waals surface area contributed by atoms with Crippen LogP contribution in [0.1, 0.15) is 21.7 Å². The van der Waals surface area contributed by atoms with Gasteiger partial charge in [0.05, 0.1) is 9.82 Å². The van der Waals surface area contributed by atoms with Crippen LogP contribution in [0.2, 0.25) is 0 Å². The minimum Gasteiger partial charge on any atom is -0.456 e. The van der Waals surface area contributed by atoms with Crippen LogP contribution in [-0.2, 0) is 19.6 Å². The SMILES string of the molecule is Cc1cc(C(=O)COC(=O)CNS(=O)(=O)c2ccc(N(C)C)c([N+](=O)[O-])c2)c(C)n1-c1ccccc1. The zero-order valence-electron chi connectivity index (χ0n) is 20.2. The number of nitro benzene ring substituents is 1. The Morgan fingerprint density at radius 3 is 2.36 bits per heavy atom. The van der Waals surface area contributed by atoms with E-state index in [9.17, 15) is 28.1 Å². The number of anilines is 1. The predicted octanol–water partition coefficient (Wildman–Crippen LogP) is 2.77. The van der Waals surface area contributed by atoms with Crippen LogP contribution in [-0.4, -0.2) is 56.9 Å². The van der Waals surface area contributed by atoms with Gasteiger partial charge >= 0.3 is 5.97 Å². The number of nitrogens with zero attached hydrogens (tertiary/aromatic N) is 3. The van der Waals surface area contributed by atoms with Crippen molar-refractivity contribution in [1.82, 2.24) is 9.29 Å². The van der Waals surface area contributed by atoms with E-state index in [-0.39, 0.29) is 10.6 Å². The maximum Gasteiger partial charge on any atom is 0.321 e. The Hall–Kier alpha value is -4.03. The zero-order valence-corrected chi connectivity index (χ0v) is 21.0. The average molecular weight is 515 g/mol. The van der Waals surface area contributed by atoms with Gasteiger partial charge in [-0.25, -0.2) is 8.42 Å². The number of sulfonamides is 1. The summed E-state index contributed by atoms with van der Waals surface area (Å²) >= 11 is 0. The molecule has 3 aromatic rings. The van der Waals surface area contributed by atoms with E-state index in [1.54, 1.807) is 27.1 Å². The van der Waals surface area contributed by atoms with E-state index in [1.165, 1.54) is 17.0 Å². The highest BCUT2D eigenvalue weighted by atomic mass is 32.2. The van der Waals surface area contributed by atoms with Gasteiger partial charge in [0.15, 0.2) is 6.61 Å². The smallest absolute Gasteiger partial charge is 0.321 e. The molecule has 1 aromatic heterocycles. The van der Waals surface area contributed by atoms with Gasteiger partial charge in [-0.2, -0.15) is 4.72 Å². The van der Waals surface area contributed by atoms with E-state index >= 15 is 0 Å². The summed E-state index contributed by atoms with van der Waals surface area (Å²) in [5.74, 6) is -1.40. The molecule has 0 atom stereocenters. The summed E-state index contributed by atoms with van der Waals surface area (Å²) in [6, 6.07) is 14.6. The molecule has 3 rings (SSSR count). The van der Waals surface area contributed by atoms with Gasteiger partial charge in [-0.1, -0.05) is 18.2 Å². The van der Waals surface area contributed by atoms with Crippen LogP contribution >= 0.6 is 0 Å². The summed E-state index contributed by atoms with van der Waals surface area (Å²) in [4.78, 5) is 36.5. The second-order valence-electron chi connectivity index (χ2n) is 8.17. The van der Waals surface area contributed by atoms with Gasteiger partial charge in [0.25, 0.3) is 5.69 Å². The molecular formula is C24H26N4O7S. The molecule has 0 unspecified atom stereocenters. The lowest BCUT2D eigenvalue weighted by Gasteiger charge is -2.13. The second-order valence-corrected chi connectivity index (χ2v) is 9.93. The van der Waals surface area contributed by atoms with Crippen molar-refractivity contribution in [3.8, 4) is 5.69 Å². The number of Topliss-reactive ketones (excluding diaryl/α,β-unsaturated/α-hetero) is 1. The van der Waals surface area contributed by atoms with Gasteiger partial charge in [0, 0.05) is 42.8 Å². The Bertz CT molecular complexity index is 1410. The summed E-state index contributed by atoms with van der Waals surface area (Å²) < 4.78 is 34.0. The first-order valence-electron chi connectivity index (χ1n) is 10.8. The first-order chi connectivity index (χ1) is 16.9. The minimum absolute atomic E-state index is 0.225. The van der Waals surface area contributed by atoms with Gasteiger partial charge in [-0.05, 0) is 44.2 Å². The first-order valence-corrected chi connectivity index (χ1v) is 12.3. The molecule has 0 spiro atoms. The molecule has 0 fully saturated rings. The lowest BCUT2D eigenvalue weighted by molar-refractivity contribution is -0.384. The number of aryl methyl sites for hydroxylation is 1. The van der Waals surface area contributed by atoms with Crippen LogP contribution < -0.4 is 9.62 Å². The summed E-state index contributed by atoms with van der Waals surface area (Å²) in [5.41, 5.74) is 2.61. The molecule has 0 aliphatic carbocycles. The number of carbonyl (C=O) groups excluding carboxylic acids is 2. The monoisotopic (exact) mass is 514 g/mol. The zero-order chi connectivity index (χ0) is 26.6. The van der Waals surface area contributed by atoms with Crippen molar-refractivity contribution in [2.45, 2.75) is 18.7 Å². The Kier molecular flexibility index (Phi) is 7.90. The van der Waals surface area contributed by atoms with Crippen molar-refractivity contribution in [2.75, 3.05) is 32.1 Å². The number of benzene rings is 2. The van der Waals surface area contributed by atoms with E-state index in [1.807, 2.05) is 46.5 Å². The molecule has 2 aromatic carbocycles. The van der Waals surface area contributed by atoms with Crippen LogP contribution in [0.5, 0.6) is 0 Å². The molecule has 12 heteroatoms. The van der Waals surface area contributed by atoms with Crippen molar-refractivity contribution >= 4 is 33.2 Å². The molecule has 0 bridgehead atoms. The number of nitrogens with one attached hydrogen (secondary N) is 1. The number of ether oxygens (including phenoxy) is 1. The number of esters is 1. The van der Waals surface area contributed by atoms with Gasteiger partial charge in [0.1, 0.15) is 12.2 Å². The summed E-state index contributed by atoms with van der Waals surface area (Å²) in [5, 5.41) is 11.3. The second kappa shape index (κ2) is 10.7. The molecule has 0 amide bonds. The molecule has 1 heterocycles. The number of hydrogen-bond donors (Lipinski definition) is 1. The highest BCUT2D eigenvalue weighted by molar-refractivity contribution is 7.89. The van der Waals surface area contributed by atoms with Crippen molar-refractivity contribution in [3.63, 3.8) is 0 Å². The van der Waals surface area contributed by atoms with Crippen molar-refractivity contribution in [2.24, 2.45) is 0 Å². The van der Waals surface area contributed by atoms with Crippen LogP contribution in [0.3, 0.4) is 0 Å². The number of carbonyl (C=O) groups is 2. The molecular weight excluding hydrogens is 488 g/mol. The fourth-order valence-electron chi connectivity index (χ4n) is 3.73. The molecule has 1 N–H and O–H groups in total.